The monoisotopic (exact) mass is 366 g/mol. The van der Waals surface area contributed by atoms with Gasteiger partial charge in [-0.1, -0.05) is 23.7 Å². The summed E-state index contributed by atoms with van der Waals surface area (Å²) in [4.78, 5) is 20.4. The Morgan fingerprint density at radius 3 is 2.46 bits per heavy atom. The van der Waals surface area contributed by atoms with Gasteiger partial charge >= 0.3 is 0 Å². The molecule has 0 aliphatic carbocycles. The fourth-order valence-corrected chi connectivity index (χ4v) is 3.26. The van der Waals surface area contributed by atoms with Crippen LogP contribution in [0.5, 0.6) is 0 Å². The van der Waals surface area contributed by atoms with Crippen LogP contribution in [-0.4, -0.2) is 40.1 Å². The van der Waals surface area contributed by atoms with E-state index >= 15 is 0 Å². The molecular formula is C19H19ClN6. The van der Waals surface area contributed by atoms with Crippen LogP contribution >= 0.6 is 11.6 Å². The molecule has 6 nitrogen and oxygen atoms in total. The normalized spacial score (nSPS) is 14.5. The van der Waals surface area contributed by atoms with Gasteiger partial charge in [-0.25, -0.2) is 19.9 Å². The average molecular weight is 367 g/mol. The largest absolute Gasteiger partial charge is 0.371 e. The first kappa shape index (κ1) is 16.7. The molecular weight excluding hydrogens is 348 g/mol. The quantitative estimate of drug-likeness (QED) is 0.707. The van der Waals surface area contributed by atoms with Gasteiger partial charge in [0.25, 0.3) is 0 Å². The Labute approximate surface area is 157 Å². The molecule has 1 saturated heterocycles. The van der Waals surface area contributed by atoms with Gasteiger partial charge in [-0.05, 0) is 37.1 Å². The van der Waals surface area contributed by atoms with Crippen LogP contribution in [0, 0.1) is 0 Å². The summed E-state index contributed by atoms with van der Waals surface area (Å²) in [5.74, 6) is 2.15. The van der Waals surface area contributed by atoms with Crippen LogP contribution in [0.4, 0.5) is 11.6 Å². The van der Waals surface area contributed by atoms with E-state index in [-0.39, 0.29) is 0 Å². The molecule has 0 atom stereocenters. The van der Waals surface area contributed by atoms with E-state index in [2.05, 4.69) is 30.2 Å². The van der Waals surface area contributed by atoms with Gasteiger partial charge in [0.1, 0.15) is 16.7 Å². The zero-order valence-corrected chi connectivity index (χ0v) is 15.2. The van der Waals surface area contributed by atoms with E-state index in [0.717, 1.165) is 35.6 Å². The van der Waals surface area contributed by atoms with E-state index in [1.54, 1.807) is 0 Å². The first-order chi connectivity index (χ1) is 12.7. The van der Waals surface area contributed by atoms with E-state index < -0.39 is 0 Å². The predicted molar refractivity (Wildman–Crippen MR) is 107 cm³/mol. The van der Waals surface area contributed by atoms with Crippen LogP contribution in [0.2, 0.25) is 5.15 Å². The summed E-state index contributed by atoms with van der Waals surface area (Å²) in [7, 11) is 1.83. The number of aromatic nitrogens is 4. The van der Waals surface area contributed by atoms with Crippen molar-refractivity contribution in [2.45, 2.75) is 12.8 Å². The minimum atomic E-state index is 0.444. The Bertz CT molecular complexity index is 965. The lowest BCUT2D eigenvalue weighted by atomic mass is 10.2. The van der Waals surface area contributed by atoms with Crippen molar-refractivity contribution < 1.29 is 0 Å². The second kappa shape index (κ2) is 7.25. The fraction of sp³-hybridized carbons (Fsp3) is 0.263. The number of hydrogen-bond acceptors (Lipinski definition) is 6. The molecule has 0 bridgehead atoms. The number of fused-ring (bicyclic) bond motifs is 1. The Morgan fingerprint density at radius 2 is 1.73 bits per heavy atom. The number of hydrogen-bond donors (Lipinski definition) is 1. The Kier molecular flexibility index (Phi) is 4.67. The maximum atomic E-state index is 6.19. The Balaban J connectivity index is 1.68. The fourth-order valence-electron chi connectivity index (χ4n) is 3.07. The second-order valence-electron chi connectivity index (χ2n) is 6.13. The molecule has 0 saturated carbocycles. The first-order valence-corrected chi connectivity index (χ1v) is 9.03. The third-order valence-electron chi connectivity index (χ3n) is 4.35. The van der Waals surface area contributed by atoms with Crippen LogP contribution in [0.1, 0.15) is 24.4 Å². The number of rotatable bonds is 4. The summed E-state index contributed by atoms with van der Waals surface area (Å²) in [6, 6.07) is 9.61. The van der Waals surface area contributed by atoms with Crippen LogP contribution < -0.4 is 10.2 Å². The van der Waals surface area contributed by atoms with Gasteiger partial charge in [-0.3, -0.25) is 0 Å². The molecule has 4 rings (SSSR count). The molecule has 132 valence electrons. The van der Waals surface area contributed by atoms with Crippen LogP contribution in [0.15, 0.2) is 30.3 Å². The SMILES string of the molecule is CNc1nc2ccccc2nc1/C=C/c1nc(Cl)cc(N2CCCC2)n1. The maximum absolute atomic E-state index is 6.19. The summed E-state index contributed by atoms with van der Waals surface area (Å²) < 4.78 is 0. The van der Waals surface area contributed by atoms with Gasteiger partial charge in [0, 0.05) is 26.2 Å². The van der Waals surface area contributed by atoms with Crippen molar-refractivity contribution in [3.05, 3.63) is 47.0 Å². The molecule has 1 aliphatic rings. The summed E-state index contributed by atoms with van der Waals surface area (Å²) in [6.45, 7) is 2.02. The van der Waals surface area contributed by atoms with Crippen molar-refractivity contribution in [1.29, 1.82) is 0 Å². The van der Waals surface area contributed by atoms with Crippen molar-refractivity contribution in [3.63, 3.8) is 0 Å². The summed E-state index contributed by atoms with van der Waals surface area (Å²) in [5.41, 5.74) is 2.43. The molecule has 2 aromatic heterocycles. The summed E-state index contributed by atoms with van der Waals surface area (Å²) in [5, 5.41) is 3.54. The molecule has 1 N–H and O–H groups in total. The van der Waals surface area contributed by atoms with Crippen molar-refractivity contribution in [2.24, 2.45) is 0 Å². The Hall–Kier alpha value is -2.73. The number of benzene rings is 1. The maximum Gasteiger partial charge on any atom is 0.156 e. The molecule has 0 unspecified atom stereocenters. The highest BCUT2D eigenvalue weighted by atomic mass is 35.5. The highest BCUT2D eigenvalue weighted by molar-refractivity contribution is 6.29. The molecule has 7 heteroatoms. The molecule has 3 aromatic rings. The van der Waals surface area contributed by atoms with Crippen LogP contribution in [0.25, 0.3) is 23.2 Å². The van der Waals surface area contributed by atoms with Gasteiger partial charge in [0.15, 0.2) is 11.6 Å². The highest BCUT2D eigenvalue weighted by Crippen LogP contribution is 2.22. The molecule has 0 radical (unpaired) electrons. The van der Waals surface area contributed by atoms with Gasteiger partial charge in [0.2, 0.25) is 0 Å². The average Bonchev–Trinajstić information content (AvgIpc) is 3.20. The summed E-state index contributed by atoms with van der Waals surface area (Å²) in [6.07, 6.45) is 6.06. The second-order valence-corrected chi connectivity index (χ2v) is 6.52. The summed E-state index contributed by atoms with van der Waals surface area (Å²) >= 11 is 6.19. The molecule has 1 fully saturated rings. The lowest BCUT2D eigenvalue weighted by molar-refractivity contribution is 0.923. The number of halogens is 1. The van der Waals surface area contributed by atoms with E-state index in [1.807, 2.05) is 49.5 Å². The van der Waals surface area contributed by atoms with Crippen LogP contribution in [0.3, 0.4) is 0 Å². The minimum absolute atomic E-state index is 0.444. The smallest absolute Gasteiger partial charge is 0.156 e. The van der Waals surface area contributed by atoms with Gasteiger partial charge in [-0.15, -0.1) is 0 Å². The Morgan fingerprint density at radius 1 is 1.00 bits per heavy atom. The molecule has 0 spiro atoms. The van der Waals surface area contributed by atoms with Crippen molar-refractivity contribution in [3.8, 4) is 0 Å². The van der Waals surface area contributed by atoms with Gasteiger partial charge in [0.05, 0.1) is 11.0 Å². The lowest BCUT2D eigenvalue weighted by Gasteiger charge is -2.16. The zero-order chi connectivity index (χ0) is 17.9. The number of para-hydroxylation sites is 2. The molecule has 0 amide bonds. The first-order valence-electron chi connectivity index (χ1n) is 8.65. The number of anilines is 2. The van der Waals surface area contributed by atoms with E-state index in [4.69, 9.17) is 11.6 Å². The van der Waals surface area contributed by atoms with Crippen molar-refractivity contribution >= 4 is 46.4 Å². The molecule has 3 heterocycles. The predicted octanol–water partition coefficient (Wildman–Crippen LogP) is 3.89. The molecule has 26 heavy (non-hydrogen) atoms. The van der Waals surface area contributed by atoms with E-state index in [0.29, 0.717) is 16.8 Å². The standard InChI is InChI=1S/C19H19ClN6/c1-21-19-15(22-13-6-2-3-7-14(13)23-19)8-9-17-24-16(20)12-18(25-17)26-10-4-5-11-26/h2-3,6-9,12H,4-5,10-11H2,1H3,(H,21,23)/b9-8+. The highest BCUT2D eigenvalue weighted by Gasteiger charge is 2.15. The third-order valence-corrected chi connectivity index (χ3v) is 4.55. The van der Waals surface area contributed by atoms with Crippen molar-refractivity contribution in [2.75, 3.05) is 30.4 Å². The number of nitrogens with one attached hydrogen (secondary N) is 1. The van der Waals surface area contributed by atoms with Gasteiger partial charge in [-0.2, -0.15) is 0 Å². The van der Waals surface area contributed by atoms with Crippen molar-refractivity contribution in [1.82, 2.24) is 19.9 Å². The van der Waals surface area contributed by atoms with E-state index in [1.165, 1.54) is 12.8 Å². The molecule has 1 aliphatic heterocycles. The van der Waals surface area contributed by atoms with Gasteiger partial charge < -0.3 is 10.2 Å². The lowest BCUT2D eigenvalue weighted by Crippen LogP contribution is -2.19. The third kappa shape index (κ3) is 3.46. The zero-order valence-electron chi connectivity index (χ0n) is 14.5. The molecule has 1 aromatic carbocycles. The number of nitrogens with zero attached hydrogens (tertiary/aromatic N) is 5. The van der Waals surface area contributed by atoms with E-state index in [9.17, 15) is 0 Å². The van der Waals surface area contributed by atoms with Crippen LogP contribution in [-0.2, 0) is 0 Å². The minimum Gasteiger partial charge on any atom is -0.371 e. The topological polar surface area (TPSA) is 66.8 Å².